The molecule has 0 aliphatic carbocycles. The number of nitrogens with zero attached hydrogens (tertiary/aromatic N) is 5. The predicted molar refractivity (Wildman–Crippen MR) is 92.2 cm³/mol. The molecule has 2 aromatic rings. The van der Waals surface area contributed by atoms with Gasteiger partial charge in [0.2, 0.25) is 5.91 Å². The first kappa shape index (κ1) is 16.6. The zero-order valence-corrected chi connectivity index (χ0v) is 14.5. The Morgan fingerprint density at radius 3 is 3.04 bits per heavy atom. The lowest BCUT2D eigenvalue weighted by atomic mass is 9.93. The molecule has 1 aliphatic rings. The van der Waals surface area contributed by atoms with E-state index in [1.54, 1.807) is 13.3 Å². The van der Waals surface area contributed by atoms with Crippen molar-refractivity contribution < 1.29 is 4.79 Å². The monoisotopic (exact) mass is 327 g/mol. The fraction of sp³-hybridized carbons (Fsp3) is 0.556. The van der Waals surface area contributed by atoms with Crippen molar-refractivity contribution in [3.63, 3.8) is 0 Å². The van der Waals surface area contributed by atoms with Crippen LogP contribution in [0.1, 0.15) is 38.8 Å². The molecular formula is C18H25N5O. The number of amides is 1. The van der Waals surface area contributed by atoms with Crippen LogP contribution in [0.25, 0.3) is 11.4 Å². The summed E-state index contributed by atoms with van der Waals surface area (Å²) in [6.45, 7) is 6.40. The first-order chi connectivity index (χ1) is 11.7. The third-order valence-electron chi connectivity index (χ3n) is 4.60. The van der Waals surface area contributed by atoms with Gasteiger partial charge in [0.05, 0.1) is 11.4 Å². The molecule has 128 valence electrons. The summed E-state index contributed by atoms with van der Waals surface area (Å²) in [6.07, 6.45) is 7.61. The summed E-state index contributed by atoms with van der Waals surface area (Å²) in [7, 11) is 0. The van der Waals surface area contributed by atoms with E-state index >= 15 is 0 Å². The van der Waals surface area contributed by atoms with E-state index in [9.17, 15) is 4.79 Å². The quantitative estimate of drug-likeness (QED) is 0.846. The highest BCUT2D eigenvalue weighted by Gasteiger charge is 2.22. The van der Waals surface area contributed by atoms with Crippen LogP contribution in [0.3, 0.4) is 0 Å². The minimum atomic E-state index is 0.173. The molecule has 3 rings (SSSR count). The minimum Gasteiger partial charge on any atom is -0.343 e. The van der Waals surface area contributed by atoms with Crippen LogP contribution < -0.4 is 0 Å². The van der Waals surface area contributed by atoms with Gasteiger partial charge in [-0.3, -0.25) is 9.48 Å². The molecule has 0 radical (unpaired) electrons. The molecule has 1 fully saturated rings. The summed E-state index contributed by atoms with van der Waals surface area (Å²) < 4.78 is 1.99. The molecule has 24 heavy (non-hydrogen) atoms. The third-order valence-corrected chi connectivity index (χ3v) is 4.60. The van der Waals surface area contributed by atoms with Gasteiger partial charge >= 0.3 is 0 Å². The second-order valence-corrected chi connectivity index (χ2v) is 6.51. The number of piperidine rings is 1. The molecule has 1 aliphatic heterocycles. The number of aromatic nitrogens is 4. The number of hydrogen-bond acceptors (Lipinski definition) is 4. The topological polar surface area (TPSA) is 63.9 Å². The molecule has 1 atom stereocenters. The van der Waals surface area contributed by atoms with Gasteiger partial charge in [-0.15, -0.1) is 0 Å². The van der Waals surface area contributed by atoms with Gasteiger partial charge in [0.25, 0.3) is 0 Å². The number of aryl methyl sites for hydroxylation is 1. The third kappa shape index (κ3) is 3.80. The summed E-state index contributed by atoms with van der Waals surface area (Å²) in [5, 5.41) is 4.37. The van der Waals surface area contributed by atoms with Gasteiger partial charge in [-0.05, 0) is 43.7 Å². The number of hydrogen-bond donors (Lipinski definition) is 0. The molecule has 1 amide bonds. The van der Waals surface area contributed by atoms with E-state index in [1.165, 1.54) is 0 Å². The highest BCUT2D eigenvalue weighted by molar-refractivity contribution is 5.73. The van der Waals surface area contributed by atoms with Gasteiger partial charge in [0, 0.05) is 38.4 Å². The molecule has 2 aromatic heterocycles. The maximum atomic E-state index is 11.6. The largest absolute Gasteiger partial charge is 0.343 e. The molecule has 6 heteroatoms. The molecule has 0 spiro atoms. The first-order valence-electron chi connectivity index (χ1n) is 8.76. The van der Waals surface area contributed by atoms with Crippen molar-refractivity contribution in [1.82, 2.24) is 24.6 Å². The van der Waals surface area contributed by atoms with Gasteiger partial charge in [0.1, 0.15) is 6.33 Å². The van der Waals surface area contributed by atoms with E-state index in [-0.39, 0.29) is 5.91 Å². The molecule has 0 saturated carbocycles. The van der Waals surface area contributed by atoms with Gasteiger partial charge in [-0.1, -0.05) is 6.92 Å². The van der Waals surface area contributed by atoms with Crippen molar-refractivity contribution in [1.29, 1.82) is 0 Å². The van der Waals surface area contributed by atoms with Crippen molar-refractivity contribution in [2.24, 2.45) is 5.92 Å². The summed E-state index contributed by atoms with van der Waals surface area (Å²) in [4.78, 5) is 22.4. The van der Waals surface area contributed by atoms with E-state index in [0.717, 1.165) is 62.4 Å². The fourth-order valence-corrected chi connectivity index (χ4v) is 3.40. The van der Waals surface area contributed by atoms with E-state index in [4.69, 9.17) is 0 Å². The number of likely N-dealkylation sites (tertiary alicyclic amines) is 1. The minimum absolute atomic E-state index is 0.173. The van der Waals surface area contributed by atoms with Crippen LogP contribution >= 0.6 is 0 Å². The predicted octanol–water partition coefficient (Wildman–Crippen LogP) is 2.55. The fourth-order valence-electron chi connectivity index (χ4n) is 3.40. The number of carbonyl (C=O) groups excluding carboxylic acids is 1. The van der Waals surface area contributed by atoms with Gasteiger partial charge in [-0.2, -0.15) is 5.10 Å². The Balaban J connectivity index is 1.73. The van der Waals surface area contributed by atoms with Gasteiger partial charge in [0.15, 0.2) is 0 Å². The SMILES string of the molecule is CCCn1nccc1-c1cc(C[C@H]2CCCN(C(C)=O)C2)ncn1. The van der Waals surface area contributed by atoms with Crippen LogP contribution in [0, 0.1) is 5.92 Å². The highest BCUT2D eigenvalue weighted by Crippen LogP contribution is 2.22. The Morgan fingerprint density at radius 1 is 1.38 bits per heavy atom. The summed E-state index contributed by atoms with van der Waals surface area (Å²) >= 11 is 0. The van der Waals surface area contributed by atoms with Crippen LogP contribution in [0.4, 0.5) is 0 Å². The standard InChI is InChI=1S/C18H25N5O/c1-3-8-23-18(6-7-21-23)17-11-16(19-13-20-17)10-15-5-4-9-22(12-15)14(2)24/h6-7,11,13,15H,3-5,8-10,12H2,1-2H3/t15-/m1/s1. The lowest BCUT2D eigenvalue weighted by Crippen LogP contribution is -2.39. The normalized spacial score (nSPS) is 17.9. The maximum Gasteiger partial charge on any atom is 0.219 e. The van der Waals surface area contributed by atoms with Gasteiger partial charge < -0.3 is 4.90 Å². The second kappa shape index (κ2) is 7.55. The molecule has 6 nitrogen and oxygen atoms in total. The van der Waals surface area contributed by atoms with E-state index in [2.05, 4.69) is 28.1 Å². The van der Waals surface area contributed by atoms with E-state index in [1.807, 2.05) is 21.8 Å². The Kier molecular flexibility index (Phi) is 5.23. The number of rotatable bonds is 5. The molecule has 0 unspecified atom stereocenters. The average molecular weight is 327 g/mol. The zero-order valence-electron chi connectivity index (χ0n) is 14.5. The Morgan fingerprint density at radius 2 is 2.25 bits per heavy atom. The molecule has 0 aromatic carbocycles. The molecule has 3 heterocycles. The number of carbonyl (C=O) groups is 1. The van der Waals surface area contributed by atoms with Crippen molar-refractivity contribution in [2.45, 2.75) is 46.1 Å². The summed E-state index contributed by atoms with van der Waals surface area (Å²) in [6, 6.07) is 4.07. The first-order valence-corrected chi connectivity index (χ1v) is 8.76. The van der Waals surface area contributed by atoms with E-state index < -0.39 is 0 Å². The molecular weight excluding hydrogens is 302 g/mol. The second-order valence-electron chi connectivity index (χ2n) is 6.51. The molecule has 0 N–H and O–H groups in total. The Labute approximate surface area is 142 Å². The Bertz CT molecular complexity index is 696. The lowest BCUT2D eigenvalue weighted by molar-refractivity contribution is -0.130. The van der Waals surface area contributed by atoms with Crippen molar-refractivity contribution in [3.05, 3.63) is 30.4 Å². The van der Waals surface area contributed by atoms with Gasteiger partial charge in [-0.25, -0.2) is 9.97 Å². The maximum absolute atomic E-state index is 11.6. The summed E-state index contributed by atoms with van der Waals surface area (Å²) in [5.74, 6) is 0.650. The average Bonchev–Trinajstić information content (AvgIpc) is 3.04. The van der Waals surface area contributed by atoms with Crippen LogP contribution in [0.2, 0.25) is 0 Å². The highest BCUT2D eigenvalue weighted by atomic mass is 16.2. The van der Waals surface area contributed by atoms with Crippen molar-refractivity contribution in [2.75, 3.05) is 13.1 Å². The van der Waals surface area contributed by atoms with Crippen LogP contribution in [-0.4, -0.2) is 43.6 Å². The van der Waals surface area contributed by atoms with E-state index in [0.29, 0.717) is 5.92 Å². The molecule has 1 saturated heterocycles. The van der Waals surface area contributed by atoms with Crippen molar-refractivity contribution >= 4 is 5.91 Å². The van der Waals surface area contributed by atoms with Crippen LogP contribution in [0.15, 0.2) is 24.7 Å². The zero-order chi connectivity index (χ0) is 16.9. The van der Waals surface area contributed by atoms with Crippen LogP contribution in [-0.2, 0) is 17.8 Å². The summed E-state index contributed by atoms with van der Waals surface area (Å²) in [5.41, 5.74) is 3.00. The molecule has 0 bridgehead atoms. The smallest absolute Gasteiger partial charge is 0.219 e. The van der Waals surface area contributed by atoms with Crippen LogP contribution in [0.5, 0.6) is 0 Å². The Hall–Kier alpha value is -2.24. The van der Waals surface area contributed by atoms with Crippen molar-refractivity contribution in [3.8, 4) is 11.4 Å². The lowest BCUT2D eigenvalue weighted by Gasteiger charge is -2.31.